The molecule has 0 amide bonds. The van der Waals surface area contributed by atoms with Gasteiger partial charge in [0.25, 0.3) is 5.69 Å². The van der Waals surface area contributed by atoms with E-state index in [1.165, 1.54) is 6.07 Å². The normalized spacial score (nSPS) is 23.3. The highest BCUT2D eigenvalue weighted by molar-refractivity contribution is 6.30. The van der Waals surface area contributed by atoms with E-state index in [4.69, 9.17) is 16.3 Å². The largest absolute Gasteiger partial charge is 0.378 e. The maximum absolute atomic E-state index is 11.0. The van der Waals surface area contributed by atoms with Crippen molar-refractivity contribution in [1.82, 2.24) is 5.32 Å². The molecule has 1 aliphatic rings. The minimum atomic E-state index is -0.393. The fraction of sp³-hybridized carbons (Fsp3) is 0.538. The van der Waals surface area contributed by atoms with Gasteiger partial charge in [0.05, 0.1) is 11.0 Å². The van der Waals surface area contributed by atoms with Crippen LogP contribution in [0, 0.1) is 10.1 Å². The summed E-state index contributed by atoms with van der Waals surface area (Å²) >= 11 is 5.79. The van der Waals surface area contributed by atoms with Gasteiger partial charge in [-0.25, -0.2) is 0 Å². The fourth-order valence-electron chi connectivity index (χ4n) is 2.29. The highest BCUT2D eigenvalue weighted by atomic mass is 35.5. The van der Waals surface area contributed by atoms with Gasteiger partial charge in [-0.3, -0.25) is 10.1 Å². The van der Waals surface area contributed by atoms with Crippen LogP contribution in [0.1, 0.15) is 25.3 Å². The van der Waals surface area contributed by atoms with Gasteiger partial charge in [-0.15, -0.1) is 0 Å². The zero-order chi connectivity index (χ0) is 13.8. The second kappa shape index (κ2) is 6.32. The zero-order valence-electron chi connectivity index (χ0n) is 10.8. The van der Waals surface area contributed by atoms with Crippen molar-refractivity contribution in [2.24, 2.45) is 0 Å². The number of nitrogens with one attached hydrogen (secondary N) is 1. The highest BCUT2D eigenvalue weighted by Gasteiger charge is 2.20. The summed E-state index contributed by atoms with van der Waals surface area (Å²) in [6.07, 6.45) is 2.11. The number of nitro benzene ring substituents is 1. The van der Waals surface area contributed by atoms with Gasteiger partial charge >= 0.3 is 0 Å². The van der Waals surface area contributed by atoms with Crippen molar-refractivity contribution < 1.29 is 9.66 Å². The average molecular weight is 285 g/mol. The highest BCUT2D eigenvalue weighted by Crippen LogP contribution is 2.23. The first-order chi connectivity index (χ1) is 9.06. The number of nitro groups is 1. The van der Waals surface area contributed by atoms with Crippen molar-refractivity contribution in [2.45, 2.75) is 38.5 Å². The number of rotatable bonds is 4. The van der Waals surface area contributed by atoms with Gasteiger partial charge in [-0.1, -0.05) is 11.6 Å². The number of halogens is 1. The molecule has 0 bridgehead atoms. The minimum absolute atomic E-state index is 0.0695. The Balaban J connectivity index is 2.01. The predicted molar refractivity (Wildman–Crippen MR) is 73.4 cm³/mol. The predicted octanol–water partition coefficient (Wildman–Crippen LogP) is 2.91. The van der Waals surface area contributed by atoms with Crippen molar-refractivity contribution in [3.8, 4) is 0 Å². The van der Waals surface area contributed by atoms with E-state index in [0.717, 1.165) is 19.4 Å². The van der Waals surface area contributed by atoms with Crippen LogP contribution in [0.2, 0.25) is 5.02 Å². The third kappa shape index (κ3) is 3.89. The standard InChI is InChI=1S/C13H17ClN2O3/c1-9-6-12(4-5-19-9)15-8-10-2-3-11(14)7-13(10)16(17)18/h2-3,7,9,12,15H,4-6,8H2,1H3. The van der Waals surface area contributed by atoms with Crippen molar-refractivity contribution in [3.05, 3.63) is 38.9 Å². The molecule has 0 aliphatic carbocycles. The molecular formula is C13H17ClN2O3. The zero-order valence-corrected chi connectivity index (χ0v) is 11.5. The van der Waals surface area contributed by atoms with Crippen LogP contribution in [0.3, 0.4) is 0 Å². The molecule has 1 N–H and O–H groups in total. The maximum Gasteiger partial charge on any atom is 0.275 e. The number of hydrogen-bond donors (Lipinski definition) is 1. The first-order valence-electron chi connectivity index (χ1n) is 6.34. The first kappa shape index (κ1) is 14.2. The summed E-state index contributed by atoms with van der Waals surface area (Å²) in [4.78, 5) is 10.6. The Kier molecular flexibility index (Phi) is 4.74. The van der Waals surface area contributed by atoms with Crippen molar-refractivity contribution in [1.29, 1.82) is 0 Å². The lowest BCUT2D eigenvalue weighted by Gasteiger charge is -2.28. The molecule has 0 spiro atoms. The quantitative estimate of drug-likeness (QED) is 0.682. The summed E-state index contributed by atoms with van der Waals surface area (Å²) < 4.78 is 5.47. The summed E-state index contributed by atoms with van der Waals surface area (Å²) in [6, 6.07) is 5.12. The van der Waals surface area contributed by atoms with E-state index in [1.807, 2.05) is 6.92 Å². The second-order valence-corrected chi connectivity index (χ2v) is 5.25. The van der Waals surface area contributed by atoms with Gasteiger partial charge in [0.2, 0.25) is 0 Å². The molecule has 2 rings (SSSR count). The first-order valence-corrected chi connectivity index (χ1v) is 6.72. The molecule has 1 aromatic rings. The Labute approximate surface area is 117 Å². The third-order valence-electron chi connectivity index (χ3n) is 3.31. The van der Waals surface area contributed by atoms with E-state index in [1.54, 1.807) is 12.1 Å². The summed E-state index contributed by atoms with van der Waals surface area (Å²) in [5, 5.41) is 14.7. The molecule has 1 aliphatic heterocycles. The molecule has 5 nitrogen and oxygen atoms in total. The number of hydrogen-bond acceptors (Lipinski definition) is 4. The lowest BCUT2D eigenvalue weighted by Crippen LogP contribution is -2.37. The Morgan fingerprint density at radius 1 is 1.58 bits per heavy atom. The average Bonchev–Trinajstić information content (AvgIpc) is 2.37. The van der Waals surface area contributed by atoms with Gasteiger partial charge in [0.15, 0.2) is 0 Å². The van der Waals surface area contributed by atoms with Gasteiger partial charge < -0.3 is 10.1 Å². The van der Waals surface area contributed by atoms with Crippen molar-refractivity contribution >= 4 is 17.3 Å². The van der Waals surface area contributed by atoms with Crippen LogP contribution in [0.15, 0.2) is 18.2 Å². The van der Waals surface area contributed by atoms with E-state index >= 15 is 0 Å². The Bertz CT molecular complexity index is 467. The Morgan fingerprint density at radius 2 is 2.37 bits per heavy atom. The smallest absolute Gasteiger partial charge is 0.275 e. The van der Waals surface area contributed by atoms with Gasteiger partial charge in [0, 0.05) is 35.8 Å². The number of benzene rings is 1. The van der Waals surface area contributed by atoms with E-state index in [-0.39, 0.29) is 11.8 Å². The van der Waals surface area contributed by atoms with Gasteiger partial charge in [-0.2, -0.15) is 0 Å². The van der Waals surface area contributed by atoms with Crippen LogP contribution in [-0.2, 0) is 11.3 Å². The van der Waals surface area contributed by atoms with Crippen molar-refractivity contribution in [3.63, 3.8) is 0 Å². The molecule has 0 aromatic heterocycles. The van der Waals surface area contributed by atoms with Crippen molar-refractivity contribution in [2.75, 3.05) is 6.61 Å². The van der Waals surface area contributed by atoms with Gasteiger partial charge in [0.1, 0.15) is 0 Å². The molecule has 2 unspecified atom stereocenters. The summed E-state index contributed by atoms with van der Waals surface area (Å²) in [6.45, 7) is 3.25. The Hall–Kier alpha value is -1.17. The fourth-order valence-corrected chi connectivity index (χ4v) is 2.46. The van der Waals surface area contributed by atoms with E-state index in [9.17, 15) is 10.1 Å². The molecule has 0 saturated carbocycles. The number of ether oxygens (including phenoxy) is 1. The summed E-state index contributed by atoms with van der Waals surface area (Å²) in [5.74, 6) is 0. The third-order valence-corrected chi connectivity index (χ3v) is 3.55. The number of nitrogens with zero attached hydrogens (tertiary/aromatic N) is 1. The maximum atomic E-state index is 11.0. The SMILES string of the molecule is CC1CC(NCc2ccc(Cl)cc2[N+](=O)[O-])CCO1. The van der Waals surface area contributed by atoms with Crippen LogP contribution in [0.4, 0.5) is 5.69 Å². The molecule has 1 heterocycles. The lowest BCUT2D eigenvalue weighted by atomic mass is 10.0. The van der Waals surface area contributed by atoms with E-state index in [0.29, 0.717) is 23.2 Å². The molecule has 0 radical (unpaired) electrons. The Morgan fingerprint density at radius 3 is 3.05 bits per heavy atom. The van der Waals surface area contributed by atoms with E-state index in [2.05, 4.69) is 5.32 Å². The van der Waals surface area contributed by atoms with Crippen LogP contribution in [0.25, 0.3) is 0 Å². The topological polar surface area (TPSA) is 64.4 Å². The lowest BCUT2D eigenvalue weighted by molar-refractivity contribution is -0.385. The van der Waals surface area contributed by atoms with Crippen LogP contribution >= 0.6 is 11.6 Å². The molecule has 6 heteroatoms. The molecular weight excluding hydrogens is 268 g/mol. The second-order valence-electron chi connectivity index (χ2n) is 4.81. The van der Waals surface area contributed by atoms with Crippen LogP contribution in [0.5, 0.6) is 0 Å². The van der Waals surface area contributed by atoms with Crippen LogP contribution in [-0.4, -0.2) is 23.7 Å². The molecule has 19 heavy (non-hydrogen) atoms. The molecule has 104 valence electrons. The summed E-state index contributed by atoms with van der Waals surface area (Å²) in [5.41, 5.74) is 0.730. The monoisotopic (exact) mass is 284 g/mol. The molecule has 2 atom stereocenters. The summed E-state index contributed by atoms with van der Waals surface area (Å²) in [7, 11) is 0. The van der Waals surface area contributed by atoms with Crippen LogP contribution < -0.4 is 5.32 Å². The minimum Gasteiger partial charge on any atom is -0.378 e. The molecule has 1 aromatic carbocycles. The molecule has 1 fully saturated rings. The van der Waals surface area contributed by atoms with E-state index < -0.39 is 4.92 Å². The van der Waals surface area contributed by atoms with Gasteiger partial charge in [-0.05, 0) is 31.9 Å². The molecule has 1 saturated heterocycles.